The number of hydrogen-bond acceptors (Lipinski definition) is 4. The first-order valence-corrected chi connectivity index (χ1v) is 7.65. The van der Waals surface area contributed by atoms with Crippen LogP contribution in [-0.2, 0) is 9.47 Å². The second kappa shape index (κ2) is 10.5. The Labute approximate surface area is 128 Å². The maximum Gasteiger partial charge on any atom is 0.176 e. The van der Waals surface area contributed by atoms with Gasteiger partial charge in [-0.05, 0) is 20.8 Å². The summed E-state index contributed by atoms with van der Waals surface area (Å²) in [6, 6.07) is 7.72. The topological polar surface area (TPSA) is 38.8 Å². The second-order valence-corrected chi connectivity index (χ2v) is 4.96. The lowest BCUT2D eigenvalue weighted by Crippen LogP contribution is -2.35. The summed E-state index contributed by atoms with van der Waals surface area (Å²) in [5, 5.41) is 0. The fraction of sp³-hybridized carbons (Fsp3) is 0.588. The minimum atomic E-state index is 0.142. The van der Waals surface area contributed by atoms with E-state index in [1.807, 2.05) is 45.0 Å². The molecule has 0 aliphatic rings. The number of rotatable bonds is 11. The van der Waals surface area contributed by atoms with Gasteiger partial charge in [-0.1, -0.05) is 29.8 Å². The van der Waals surface area contributed by atoms with E-state index in [9.17, 15) is 4.79 Å². The molecule has 0 aromatic heterocycles. The van der Waals surface area contributed by atoms with E-state index in [0.29, 0.717) is 33.0 Å². The van der Waals surface area contributed by atoms with Crippen LogP contribution in [0.15, 0.2) is 24.3 Å². The van der Waals surface area contributed by atoms with Gasteiger partial charge in [0.25, 0.3) is 0 Å². The molecule has 4 nitrogen and oxygen atoms in total. The second-order valence-electron chi connectivity index (χ2n) is 4.96. The Balaban J connectivity index is 2.52. The van der Waals surface area contributed by atoms with Crippen molar-refractivity contribution in [3.8, 4) is 0 Å². The van der Waals surface area contributed by atoms with Crippen molar-refractivity contribution in [2.45, 2.75) is 20.8 Å². The molecule has 0 N–H and O–H groups in total. The highest BCUT2D eigenvalue weighted by molar-refractivity contribution is 5.97. The van der Waals surface area contributed by atoms with Gasteiger partial charge in [-0.25, -0.2) is 0 Å². The third kappa shape index (κ3) is 7.37. The van der Waals surface area contributed by atoms with Crippen LogP contribution < -0.4 is 0 Å². The summed E-state index contributed by atoms with van der Waals surface area (Å²) in [4.78, 5) is 14.4. The molecule has 1 aromatic rings. The van der Waals surface area contributed by atoms with Gasteiger partial charge in [0.15, 0.2) is 5.78 Å². The van der Waals surface area contributed by atoms with Crippen molar-refractivity contribution < 1.29 is 14.3 Å². The Morgan fingerprint density at radius 3 is 2.00 bits per heavy atom. The molecule has 0 spiro atoms. The van der Waals surface area contributed by atoms with Gasteiger partial charge in [0, 0.05) is 31.9 Å². The van der Waals surface area contributed by atoms with E-state index in [0.717, 1.165) is 24.2 Å². The number of Topliss-reactive ketones (excluding diaryl/α,β-unsaturated/α-hetero) is 1. The Bertz CT molecular complexity index is 393. The smallest absolute Gasteiger partial charge is 0.176 e. The van der Waals surface area contributed by atoms with Crippen molar-refractivity contribution in [3.05, 3.63) is 35.4 Å². The van der Waals surface area contributed by atoms with Crippen LogP contribution >= 0.6 is 0 Å². The van der Waals surface area contributed by atoms with E-state index in [4.69, 9.17) is 9.47 Å². The van der Waals surface area contributed by atoms with Crippen molar-refractivity contribution in [2.24, 2.45) is 0 Å². The van der Waals surface area contributed by atoms with Crippen LogP contribution in [0.4, 0.5) is 0 Å². The van der Waals surface area contributed by atoms with Crippen molar-refractivity contribution in [1.82, 2.24) is 4.90 Å². The van der Waals surface area contributed by atoms with Crippen molar-refractivity contribution in [3.63, 3.8) is 0 Å². The van der Waals surface area contributed by atoms with E-state index in [-0.39, 0.29) is 5.78 Å². The van der Waals surface area contributed by atoms with Crippen LogP contribution in [0.2, 0.25) is 0 Å². The predicted octanol–water partition coefficient (Wildman–Crippen LogP) is 2.55. The number of hydrogen-bond donors (Lipinski definition) is 0. The van der Waals surface area contributed by atoms with Gasteiger partial charge >= 0.3 is 0 Å². The molecule has 118 valence electrons. The average Bonchev–Trinajstić information content (AvgIpc) is 2.48. The lowest BCUT2D eigenvalue weighted by atomic mass is 10.1. The molecule has 0 radical (unpaired) electrons. The number of nitrogens with zero attached hydrogens (tertiary/aromatic N) is 1. The summed E-state index contributed by atoms with van der Waals surface area (Å²) in [6.07, 6.45) is 0. The zero-order chi connectivity index (χ0) is 15.5. The molecule has 0 atom stereocenters. The maximum absolute atomic E-state index is 12.3. The highest BCUT2D eigenvalue weighted by atomic mass is 16.5. The van der Waals surface area contributed by atoms with Gasteiger partial charge in [-0.2, -0.15) is 0 Å². The summed E-state index contributed by atoms with van der Waals surface area (Å²) >= 11 is 0. The van der Waals surface area contributed by atoms with Gasteiger partial charge in [0.2, 0.25) is 0 Å². The lowest BCUT2D eigenvalue weighted by Gasteiger charge is -2.21. The van der Waals surface area contributed by atoms with Gasteiger partial charge < -0.3 is 9.47 Å². The highest BCUT2D eigenvalue weighted by Gasteiger charge is 2.12. The fourth-order valence-corrected chi connectivity index (χ4v) is 1.98. The van der Waals surface area contributed by atoms with Crippen LogP contribution in [-0.4, -0.2) is 56.7 Å². The molecule has 0 saturated carbocycles. The van der Waals surface area contributed by atoms with E-state index < -0.39 is 0 Å². The minimum Gasteiger partial charge on any atom is -0.380 e. The number of benzene rings is 1. The highest BCUT2D eigenvalue weighted by Crippen LogP contribution is 2.05. The molecule has 0 bridgehead atoms. The van der Waals surface area contributed by atoms with Gasteiger partial charge in [-0.3, -0.25) is 9.69 Å². The molecule has 4 heteroatoms. The van der Waals surface area contributed by atoms with E-state index >= 15 is 0 Å². The first-order valence-electron chi connectivity index (χ1n) is 7.65. The first kappa shape index (κ1) is 17.8. The van der Waals surface area contributed by atoms with Crippen LogP contribution in [0.3, 0.4) is 0 Å². The zero-order valence-corrected chi connectivity index (χ0v) is 13.4. The van der Waals surface area contributed by atoms with Crippen molar-refractivity contribution >= 4 is 5.78 Å². The average molecular weight is 293 g/mol. The third-order valence-electron chi connectivity index (χ3n) is 3.25. The van der Waals surface area contributed by atoms with Gasteiger partial charge in [0.05, 0.1) is 19.8 Å². The number of aryl methyl sites for hydroxylation is 1. The Morgan fingerprint density at radius 2 is 1.52 bits per heavy atom. The maximum atomic E-state index is 12.3. The SMILES string of the molecule is CCOCCN(CCOCC)CC(=O)c1ccc(C)cc1. The van der Waals surface area contributed by atoms with Gasteiger partial charge in [-0.15, -0.1) is 0 Å². The number of ether oxygens (including phenoxy) is 2. The fourth-order valence-electron chi connectivity index (χ4n) is 1.98. The minimum absolute atomic E-state index is 0.142. The molecule has 21 heavy (non-hydrogen) atoms. The molecule has 0 saturated heterocycles. The molecule has 1 rings (SSSR count). The Morgan fingerprint density at radius 1 is 1.00 bits per heavy atom. The molecule has 0 aliphatic heterocycles. The summed E-state index contributed by atoms with van der Waals surface area (Å²) in [5.74, 6) is 0.142. The van der Waals surface area contributed by atoms with E-state index in [2.05, 4.69) is 4.90 Å². The summed E-state index contributed by atoms with van der Waals surface area (Å²) in [7, 11) is 0. The standard InChI is InChI=1S/C17H27NO3/c1-4-20-12-10-18(11-13-21-5-2)14-17(19)16-8-6-15(3)7-9-16/h6-9H,4-5,10-14H2,1-3H3. The Hall–Kier alpha value is -1.23. The number of carbonyl (C=O) groups is 1. The van der Waals surface area contributed by atoms with Crippen molar-refractivity contribution in [1.29, 1.82) is 0 Å². The van der Waals surface area contributed by atoms with Gasteiger partial charge in [0.1, 0.15) is 0 Å². The summed E-state index contributed by atoms with van der Waals surface area (Å²) in [6.45, 7) is 10.6. The molecular formula is C17H27NO3. The van der Waals surface area contributed by atoms with Crippen LogP contribution in [0.1, 0.15) is 29.8 Å². The largest absolute Gasteiger partial charge is 0.380 e. The Kier molecular flexibility index (Phi) is 8.90. The third-order valence-corrected chi connectivity index (χ3v) is 3.25. The normalized spacial score (nSPS) is 11.0. The zero-order valence-electron chi connectivity index (χ0n) is 13.4. The van der Waals surface area contributed by atoms with Crippen LogP contribution in [0, 0.1) is 6.92 Å². The molecule has 1 aromatic carbocycles. The molecule has 0 fully saturated rings. The lowest BCUT2D eigenvalue weighted by molar-refractivity contribution is 0.0725. The van der Waals surface area contributed by atoms with Crippen molar-refractivity contribution in [2.75, 3.05) is 46.1 Å². The summed E-state index contributed by atoms with van der Waals surface area (Å²) < 4.78 is 10.8. The summed E-state index contributed by atoms with van der Waals surface area (Å²) in [5.41, 5.74) is 1.93. The number of carbonyl (C=O) groups excluding carboxylic acids is 1. The predicted molar refractivity (Wildman–Crippen MR) is 84.9 cm³/mol. The monoisotopic (exact) mass is 293 g/mol. The van der Waals surface area contributed by atoms with E-state index in [1.165, 1.54) is 0 Å². The molecule has 0 aliphatic carbocycles. The quantitative estimate of drug-likeness (QED) is 0.464. The first-order chi connectivity index (χ1) is 10.2. The molecule has 0 amide bonds. The van der Waals surface area contributed by atoms with Crippen LogP contribution in [0.25, 0.3) is 0 Å². The molecular weight excluding hydrogens is 266 g/mol. The van der Waals surface area contributed by atoms with E-state index in [1.54, 1.807) is 0 Å². The number of ketones is 1. The van der Waals surface area contributed by atoms with Crippen LogP contribution in [0.5, 0.6) is 0 Å². The molecule has 0 heterocycles. The molecule has 0 unspecified atom stereocenters.